The van der Waals surface area contributed by atoms with Crippen LogP contribution in [0.5, 0.6) is 0 Å². The largest absolute Gasteiger partial charge is 0.395 e. The summed E-state index contributed by atoms with van der Waals surface area (Å²) in [5, 5.41) is 16.0. The molecule has 0 aromatic carbocycles. The lowest BCUT2D eigenvalue weighted by Gasteiger charge is -2.14. The number of likely N-dealkylation sites (N-methyl/N-ethyl adjacent to an activating group) is 1. The van der Waals surface area contributed by atoms with Crippen LogP contribution in [0.1, 0.15) is 10.5 Å². The molecule has 1 aromatic rings. The molecule has 0 aliphatic carbocycles. The van der Waals surface area contributed by atoms with E-state index < -0.39 is 0 Å². The van der Waals surface area contributed by atoms with E-state index in [-0.39, 0.29) is 29.9 Å². The summed E-state index contributed by atoms with van der Waals surface area (Å²) in [5.74, 6) is -0.289. The number of halogens is 1. The van der Waals surface area contributed by atoms with Crippen molar-refractivity contribution in [1.29, 1.82) is 0 Å². The van der Waals surface area contributed by atoms with E-state index in [1.165, 1.54) is 17.0 Å². The van der Waals surface area contributed by atoms with E-state index in [1.54, 1.807) is 7.05 Å². The number of rotatable bonds is 3. The van der Waals surface area contributed by atoms with Crippen molar-refractivity contribution in [2.75, 3.05) is 20.2 Å². The summed E-state index contributed by atoms with van der Waals surface area (Å²) in [6.45, 7) is 0.187. The van der Waals surface area contributed by atoms with E-state index >= 15 is 0 Å². The Bertz CT molecular complexity index is 315. The summed E-state index contributed by atoms with van der Waals surface area (Å²) in [5.41, 5.74) is 0.213. The Labute approximate surface area is 86.3 Å². The van der Waals surface area contributed by atoms with Gasteiger partial charge in [0.15, 0.2) is 10.8 Å². The fourth-order valence-corrected chi connectivity index (χ4v) is 0.978. The molecule has 1 rings (SSSR count). The lowest BCUT2D eigenvalue weighted by molar-refractivity contribution is 0.0760. The number of amides is 1. The van der Waals surface area contributed by atoms with Gasteiger partial charge in [0.1, 0.15) is 0 Å². The molecule has 0 saturated heterocycles. The van der Waals surface area contributed by atoms with Crippen molar-refractivity contribution in [3.63, 3.8) is 0 Å². The van der Waals surface area contributed by atoms with Gasteiger partial charge in [-0.3, -0.25) is 4.79 Å². The van der Waals surface area contributed by atoms with Crippen LogP contribution in [0, 0.1) is 0 Å². The molecular weight excluding hydrogens is 206 g/mol. The van der Waals surface area contributed by atoms with Gasteiger partial charge in [-0.1, -0.05) is 11.6 Å². The molecule has 0 bridgehead atoms. The highest BCUT2D eigenvalue weighted by Gasteiger charge is 2.12. The maximum Gasteiger partial charge on any atom is 0.274 e. The lowest BCUT2D eigenvalue weighted by atomic mass is 10.3. The van der Waals surface area contributed by atoms with Crippen molar-refractivity contribution in [2.45, 2.75) is 0 Å². The Morgan fingerprint density at radius 1 is 1.57 bits per heavy atom. The van der Waals surface area contributed by atoms with Crippen LogP contribution < -0.4 is 0 Å². The van der Waals surface area contributed by atoms with Gasteiger partial charge >= 0.3 is 0 Å². The SMILES string of the molecule is CN(CCO)C(=O)c1ccc(Cl)nn1. The van der Waals surface area contributed by atoms with Gasteiger partial charge in [0, 0.05) is 13.6 Å². The quantitative estimate of drug-likeness (QED) is 0.782. The van der Waals surface area contributed by atoms with Crippen molar-refractivity contribution >= 4 is 17.5 Å². The highest BCUT2D eigenvalue weighted by molar-refractivity contribution is 6.29. The van der Waals surface area contributed by atoms with Crippen LogP contribution in [0.2, 0.25) is 5.15 Å². The number of carbonyl (C=O) groups excluding carboxylic acids is 1. The molecule has 0 spiro atoms. The van der Waals surface area contributed by atoms with Gasteiger partial charge in [0.2, 0.25) is 0 Å². The first kappa shape index (κ1) is 10.9. The minimum atomic E-state index is -0.289. The van der Waals surface area contributed by atoms with Crippen LogP contribution in [0.25, 0.3) is 0 Å². The van der Waals surface area contributed by atoms with Crippen LogP contribution in [-0.2, 0) is 0 Å². The maximum absolute atomic E-state index is 11.5. The first-order chi connectivity index (χ1) is 6.65. The number of nitrogens with zero attached hydrogens (tertiary/aromatic N) is 3. The molecule has 1 amide bonds. The Kier molecular flexibility index (Phi) is 3.79. The van der Waals surface area contributed by atoms with Gasteiger partial charge < -0.3 is 10.0 Å². The van der Waals surface area contributed by atoms with Crippen LogP contribution in [0.4, 0.5) is 0 Å². The maximum atomic E-state index is 11.5. The van der Waals surface area contributed by atoms with Crippen molar-refractivity contribution in [2.24, 2.45) is 0 Å². The highest BCUT2D eigenvalue weighted by Crippen LogP contribution is 2.03. The monoisotopic (exact) mass is 215 g/mol. The zero-order chi connectivity index (χ0) is 10.6. The smallest absolute Gasteiger partial charge is 0.274 e. The van der Waals surface area contributed by atoms with Crippen molar-refractivity contribution in [3.8, 4) is 0 Å². The second-order valence-corrected chi connectivity index (χ2v) is 3.08. The number of aliphatic hydroxyl groups is 1. The van der Waals surface area contributed by atoms with Gasteiger partial charge in [-0.15, -0.1) is 10.2 Å². The van der Waals surface area contributed by atoms with E-state index in [9.17, 15) is 4.79 Å². The summed E-state index contributed by atoms with van der Waals surface area (Å²) in [6, 6.07) is 2.99. The minimum Gasteiger partial charge on any atom is -0.395 e. The van der Waals surface area contributed by atoms with E-state index in [1.807, 2.05) is 0 Å². The van der Waals surface area contributed by atoms with E-state index in [0.717, 1.165) is 0 Å². The molecule has 0 fully saturated rings. The Morgan fingerprint density at radius 2 is 2.29 bits per heavy atom. The molecule has 0 aliphatic heterocycles. The molecule has 6 heteroatoms. The summed E-state index contributed by atoms with van der Waals surface area (Å²) in [6.07, 6.45) is 0. The molecule has 5 nitrogen and oxygen atoms in total. The van der Waals surface area contributed by atoms with Gasteiger partial charge in [-0.2, -0.15) is 0 Å². The van der Waals surface area contributed by atoms with Crippen molar-refractivity contribution in [1.82, 2.24) is 15.1 Å². The van der Waals surface area contributed by atoms with Gasteiger partial charge in [0.05, 0.1) is 6.61 Å². The molecule has 0 atom stereocenters. The van der Waals surface area contributed by atoms with Crippen molar-refractivity contribution in [3.05, 3.63) is 23.0 Å². The average molecular weight is 216 g/mol. The van der Waals surface area contributed by atoms with Gasteiger partial charge in [-0.05, 0) is 12.1 Å². The fraction of sp³-hybridized carbons (Fsp3) is 0.375. The predicted molar refractivity (Wildman–Crippen MR) is 51.1 cm³/mol. The van der Waals surface area contributed by atoms with Gasteiger partial charge in [0.25, 0.3) is 5.91 Å². The molecule has 76 valence electrons. The Morgan fingerprint density at radius 3 is 2.79 bits per heavy atom. The second-order valence-electron chi connectivity index (χ2n) is 2.69. The molecular formula is C8H10ClN3O2. The van der Waals surface area contributed by atoms with Crippen molar-refractivity contribution < 1.29 is 9.90 Å². The minimum absolute atomic E-state index is 0.0801. The number of hydrogen-bond donors (Lipinski definition) is 1. The fourth-order valence-electron chi connectivity index (χ4n) is 0.877. The Hall–Kier alpha value is -1.20. The summed E-state index contributed by atoms with van der Waals surface area (Å²) in [4.78, 5) is 12.9. The van der Waals surface area contributed by atoms with Gasteiger partial charge in [-0.25, -0.2) is 0 Å². The third-order valence-electron chi connectivity index (χ3n) is 1.63. The first-order valence-electron chi connectivity index (χ1n) is 4.00. The molecule has 0 radical (unpaired) electrons. The summed E-state index contributed by atoms with van der Waals surface area (Å²) in [7, 11) is 1.58. The summed E-state index contributed by atoms with van der Waals surface area (Å²) < 4.78 is 0. The normalized spacial score (nSPS) is 9.93. The highest BCUT2D eigenvalue weighted by atomic mass is 35.5. The predicted octanol–water partition coefficient (Wildman–Crippen LogP) is 0.194. The van der Waals surface area contributed by atoms with E-state index in [2.05, 4.69) is 10.2 Å². The summed E-state index contributed by atoms with van der Waals surface area (Å²) >= 11 is 5.52. The zero-order valence-electron chi connectivity index (χ0n) is 7.64. The standard InChI is InChI=1S/C8H10ClN3O2/c1-12(4-5-13)8(14)6-2-3-7(9)11-10-6/h2-3,13H,4-5H2,1H3. The molecule has 1 aromatic heterocycles. The van der Waals surface area contributed by atoms with Crippen LogP contribution in [0.15, 0.2) is 12.1 Å². The topological polar surface area (TPSA) is 66.3 Å². The van der Waals surface area contributed by atoms with Crippen LogP contribution in [-0.4, -0.2) is 46.3 Å². The number of hydrogen-bond acceptors (Lipinski definition) is 4. The molecule has 1 heterocycles. The second kappa shape index (κ2) is 4.88. The molecule has 0 unspecified atom stereocenters. The Balaban J connectivity index is 2.74. The number of aliphatic hydroxyl groups excluding tert-OH is 1. The number of aromatic nitrogens is 2. The average Bonchev–Trinajstić information content (AvgIpc) is 2.18. The zero-order valence-corrected chi connectivity index (χ0v) is 8.40. The molecule has 0 saturated carbocycles. The molecule has 1 N–H and O–H groups in total. The number of carbonyl (C=O) groups is 1. The first-order valence-corrected chi connectivity index (χ1v) is 4.38. The van der Waals surface area contributed by atoms with Crippen LogP contribution >= 0.6 is 11.6 Å². The third-order valence-corrected chi connectivity index (χ3v) is 1.83. The van der Waals surface area contributed by atoms with Crippen LogP contribution in [0.3, 0.4) is 0 Å². The molecule has 0 aliphatic rings. The van der Waals surface area contributed by atoms with E-state index in [0.29, 0.717) is 0 Å². The third kappa shape index (κ3) is 2.65. The van der Waals surface area contributed by atoms with E-state index in [4.69, 9.17) is 16.7 Å². The molecule has 14 heavy (non-hydrogen) atoms. The lowest BCUT2D eigenvalue weighted by Crippen LogP contribution is -2.30.